The zero-order valence-corrected chi connectivity index (χ0v) is 11.7. The molecule has 0 atom stereocenters. The van der Waals surface area contributed by atoms with Crippen LogP contribution in [0.2, 0.25) is 0 Å². The molecule has 106 valence electrons. The van der Waals surface area contributed by atoms with Gasteiger partial charge in [-0.2, -0.15) is 0 Å². The number of nitrogens with zero attached hydrogens (tertiary/aromatic N) is 1. The number of halogens is 2. The SMILES string of the molecule is CN(C)c1cc(C2(CN)CCCCC2)cc(F)c1F. The van der Waals surface area contributed by atoms with Crippen molar-refractivity contribution in [1.82, 2.24) is 0 Å². The normalized spacial score (nSPS) is 18.4. The van der Waals surface area contributed by atoms with Gasteiger partial charge in [0.05, 0.1) is 5.69 Å². The minimum atomic E-state index is -0.781. The molecule has 0 aromatic heterocycles. The number of hydrogen-bond donors (Lipinski definition) is 1. The molecule has 0 heterocycles. The van der Waals surface area contributed by atoms with Crippen LogP contribution in [0.15, 0.2) is 12.1 Å². The smallest absolute Gasteiger partial charge is 0.182 e. The Hall–Kier alpha value is -1.16. The lowest BCUT2D eigenvalue weighted by Gasteiger charge is -2.37. The Morgan fingerprint density at radius 3 is 2.32 bits per heavy atom. The van der Waals surface area contributed by atoms with Crippen LogP contribution < -0.4 is 10.6 Å². The number of nitrogens with two attached hydrogens (primary N) is 1. The molecule has 0 bridgehead atoms. The number of hydrogen-bond acceptors (Lipinski definition) is 2. The van der Waals surface area contributed by atoms with E-state index in [1.54, 1.807) is 25.1 Å². The Morgan fingerprint density at radius 1 is 1.16 bits per heavy atom. The molecular weight excluding hydrogens is 246 g/mol. The second-order valence-electron chi connectivity index (χ2n) is 5.73. The van der Waals surface area contributed by atoms with Gasteiger partial charge >= 0.3 is 0 Å². The fourth-order valence-corrected chi connectivity index (χ4v) is 3.05. The molecule has 4 heteroatoms. The van der Waals surface area contributed by atoms with Gasteiger partial charge in [0.15, 0.2) is 11.6 Å². The third-order valence-corrected chi connectivity index (χ3v) is 4.30. The summed E-state index contributed by atoms with van der Waals surface area (Å²) in [5.41, 5.74) is 6.92. The van der Waals surface area contributed by atoms with Crippen molar-refractivity contribution < 1.29 is 8.78 Å². The van der Waals surface area contributed by atoms with Crippen LogP contribution in [-0.2, 0) is 5.41 Å². The predicted molar refractivity (Wildman–Crippen MR) is 74.5 cm³/mol. The maximum absolute atomic E-state index is 13.8. The average Bonchev–Trinajstić information content (AvgIpc) is 2.42. The van der Waals surface area contributed by atoms with Crippen molar-refractivity contribution in [3.05, 3.63) is 29.3 Å². The van der Waals surface area contributed by atoms with E-state index in [0.29, 0.717) is 12.2 Å². The van der Waals surface area contributed by atoms with E-state index in [-0.39, 0.29) is 5.41 Å². The van der Waals surface area contributed by atoms with E-state index in [1.807, 2.05) is 0 Å². The molecular formula is C15H22F2N2. The fraction of sp³-hybridized carbons (Fsp3) is 0.600. The summed E-state index contributed by atoms with van der Waals surface area (Å²) >= 11 is 0. The summed E-state index contributed by atoms with van der Waals surface area (Å²) in [5, 5.41) is 0. The molecule has 2 rings (SSSR count). The van der Waals surface area contributed by atoms with Gasteiger partial charge in [-0.25, -0.2) is 8.78 Å². The van der Waals surface area contributed by atoms with E-state index >= 15 is 0 Å². The van der Waals surface area contributed by atoms with Crippen LogP contribution in [0.4, 0.5) is 14.5 Å². The Kier molecular flexibility index (Phi) is 4.09. The summed E-state index contributed by atoms with van der Waals surface area (Å²) in [6.45, 7) is 0.491. The van der Waals surface area contributed by atoms with Crippen LogP contribution in [0, 0.1) is 11.6 Å². The standard InChI is InChI=1S/C15H22F2N2/c1-19(2)13-9-11(8-12(16)14(13)17)15(10-18)6-4-3-5-7-15/h8-9H,3-7,10,18H2,1-2H3. The minimum absolute atomic E-state index is 0.183. The molecule has 1 aromatic carbocycles. The van der Waals surface area contributed by atoms with Crippen LogP contribution >= 0.6 is 0 Å². The van der Waals surface area contributed by atoms with Gasteiger partial charge in [0, 0.05) is 26.1 Å². The van der Waals surface area contributed by atoms with E-state index in [4.69, 9.17) is 5.73 Å². The Bertz CT molecular complexity index is 452. The molecule has 0 spiro atoms. The highest BCUT2D eigenvalue weighted by atomic mass is 19.2. The molecule has 1 aliphatic carbocycles. The number of benzene rings is 1. The van der Waals surface area contributed by atoms with Gasteiger partial charge in [-0.05, 0) is 30.5 Å². The van der Waals surface area contributed by atoms with Crippen LogP contribution in [0.5, 0.6) is 0 Å². The van der Waals surface area contributed by atoms with E-state index in [1.165, 1.54) is 12.5 Å². The van der Waals surface area contributed by atoms with Crippen molar-refractivity contribution >= 4 is 5.69 Å². The number of rotatable bonds is 3. The molecule has 2 N–H and O–H groups in total. The Labute approximate surface area is 113 Å². The van der Waals surface area contributed by atoms with Crippen molar-refractivity contribution in [2.45, 2.75) is 37.5 Å². The molecule has 19 heavy (non-hydrogen) atoms. The Morgan fingerprint density at radius 2 is 1.79 bits per heavy atom. The van der Waals surface area contributed by atoms with Crippen LogP contribution in [0.1, 0.15) is 37.7 Å². The first-order valence-corrected chi connectivity index (χ1v) is 6.87. The summed E-state index contributed by atoms with van der Waals surface area (Å²) in [4.78, 5) is 1.61. The third-order valence-electron chi connectivity index (χ3n) is 4.30. The van der Waals surface area contributed by atoms with Crippen LogP contribution in [0.25, 0.3) is 0 Å². The van der Waals surface area contributed by atoms with E-state index < -0.39 is 11.6 Å². The lowest BCUT2D eigenvalue weighted by molar-refractivity contribution is 0.299. The van der Waals surface area contributed by atoms with Crippen molar-refractivity contribution in [2.75, 3.05) is 25.5 Å². The van der Waals surface area contributed by atoms with E-state index in [9.17, 15) is 8.78 Å². The highest BCUT2D eigenvalue weighted by Crippen LogP contribution is 2.40. The second kappa shape index (κ2) is 5.45. The molecule has 0 amide bonds. The van der Waals surface area contributed by atoms with Crippen molar-refractivity contribution in [3.8, 4) is 0 Å². The van der Waals surface area contributed by atoms with Crippen LogP contribution in [0.3, 0.4) is 0 Å². The van der Waals surface area contributed by atoms with Crippen molar-refractivity contribution in [2.24, 2.45) is 5.73 Å². The fourth-order valence-electron chi connectivity index (χ4n) is 3.05. The molecule has 1 saturated carbocycles. The Balaban J connectivity index is 2.49. The predicted octanol–water partition coefficient (Wildman–Crippen LogP) is 3.19. The lowest BCUT2D eigenvalue weighted by atomic mass is 9.69. The zero-order valence-electron chi connectivity index (χ0n) is 11.7. The second-order valence-corrected chi connectivity index (χ2v) is 5.73. The molecule has 0 saturated heterocycles. The lowest BCUT2D eigenvalue weighted by Crippen LogP contribution is -2.37. The van der Waals surface area contributed by atoms with Gasteiger partial charge in [0.25, 0.3) is 0 Å². The summed E-state index contributed by atoms with van der Waals surface area (Å²) in [6, 6.07) is 3.09. The summed E-state index contributed by atoms with van der Waals surface area (Å²) in [7, 11) is 3.44. The van der Waals surface area contributed by atoms with Crippen molar-refractivity contribution in [1.29, 1.82) is 0 Å². The minimum Gasteiger partial charge on any atom is -0.375 e. The maximum atomic E-state index is 13.8. The zero-order chi connectivity index (χ0) is 14.0. The monoisotopic (exact) mass is 268 g/mol. The number of anilines is 1. The van der Waals surface area contributed by atoms with Crippen LogP contribution in [-0.4, -0.2) is 20.6 Å². The van der Waals surface area contributed by atoms with Gasteiger partial charge in [-0.15, -0.1) is 0 Å². The first-order chi connectivity index (χ1) is 9.00. The first kappa shape index (κ1) is 14.3. The molecule has 1 aliphatic rings. The first-order valence-electron chi connectivity index (χ1n) is 6.87. The van der Waals surface area contributed by atoms with Crippen molar-refractivity contribution in [3.63, 3.8) is 0 Å². The largest absolute Gasteiger partial charge is 0.375 e. The highest BCUT2D eigenvalue weighted by molar-refractivity contribution is 5.51. The quantitative estimate of drug-likeness (QED) is 0.912. The average molecular weight is 268 g/mol. The summed E-state index contributed by atoms with van der Waals surface area (Å²) in [6.07, 6.45) is 5.33. The molecule has 2 nitrogen and oxygen atoms in total. The molecule has 0 unspecified atom stereocenters. The van der Waals surface area contributed by atoms with E-state index in [2.05, 4.69) is 0 Å². The van der Waals surface area contributed by atoms with E-state index in [0.717, 1.165) is 31.2 Å². The third kappa shape index (κ3) is 2.59. The highest BCUT2D eigenvalue weighted by Gasteiger charge is 2.34. The van der Waals surface area contributed by atoms with Gasteiger partial charge in [0.1, 0.15) is 0 Å². The molecule has 0 aliphatic heterocycles. The van der Waals surface area contributed by atoms with Gasteiger partial charge in [-0.3, -0.25) is 0 Å². The maximum Gasteiger partial charge on any atom is 0.182 e. The van der Waals surface area contributed by atoms with Gasteiger partial charge in [0.2, 0.25) is 0 Å². The van der Waals surface area contributed by atoms with Gasteiger partial charge in [-0.1, -0.05) is 19.3 Å². The van der Waals surface area contributed by atoms with Gasteiger partial charge < -0.3 is 10.6 Å². The molecule has 1 fully saturated rings. The topological polar surface area (TPSA) is 29.3 Å². The summed E-state index contributed by atoms with van der Waals surface area (Å²) in [5.74, 6) is -1.56. The molecule has 1 aromatic rings. The summed E-state index contributed by atoms with van der Waals surface area (Å²) < 4.78 is 27.6. The molecule has 0 radical (unpaired) electrons.